The molecule has 1 aliphatic heterocycles. The first-order valence-electron chi connectivity index (χ1n) is 7.20. The van der Waals surface area contributed by atoms with E-state index in [4.69, 9.17) is 12.2 Å². The fraction of sp³-hybridized carbons (Fsp3) is 0.0588. The fourth-order valence-electron chi connectivity index (χ4n) is 2.30. The molecule has 0 unspecified atom stereocenters. The summed E-state index contributed by atoms with van der Waals surface area (Å²) in [6, 6.07) is 9.18. The van der Waals surface area contributed by atoms with Crippen LogP contribution in [-0.4, -0.2) is 38.2 Å². The Morgan fingerprint density at radius 1 is 1.25 bits per heavy atom. The molecule has 2 amide bonds. The lowest BCUT2D eigenvalue weighted by atomic mass is 10.1. The maximum atomic E-state index is 12.4. The van der Waals surface area contributed by atoms with E-state index < -0.39 is 11.8 Å². The van der Waals surface area contributed by atoms with Crippen LogP contribution in [0.3, 0.4) is 0 Å². The first kappa shape index (κ1) is 15.8. The van der Waals surface area contributed by atoms with E-state index in [1.165, 1.54) is 4.90 Å². The van der Waals surface area contributed by atoms with Crippen molar-refractivity contribution >= 4 is 35.2 Å². The number of nitrogens with one attached hydrogen (secondary N) is 1. The molecule has 2 heterocycles. The van der Waals surface area contributed by atoms with Crippen LogP contribution in [0.2, 0.25) is 0 Å². The van der Waals surface area contributed by atoms with Crippen molar-refractivity contribution in [3.05, 3.63) is 66.5 Å². The highest BCUT2D eigenvalue weighted by Gasteiger charge is 2.32. The smallest absolute Gasteiger partial charge is 0.265 e. The molecule has 1 fully saturated rings. The Kier molecular flexibility index (Phi) is 4.35. The maximum Gasteiger partial charge on any atom is 0.265 e. The quantitative estimate of drug-likeness (QED) is 0.399. The highest BCUT2D eigenvalue weighted by Crippen LogP contribution is 2.16. The van der Waals surface area contributed by atoms with Crippen molar-refractivity contribution in [3.8, 4) is 5.69 Å². The Balaban J connectivity index is 1.89. The number of carbonyl (C=O) groups is 2. The van der Waals surface area contributed by atoms with Gasteiger partial charge in [-0.25, -0.2) is 4.68 Å². The Labute approximate surface area is 144 Å². The topological polar surface area (TPSA) is 67.2 Å². The minimum absolute atomic E-state index is 0.0392. The van der Waals surface area contributed by atoms with Gasteiger partial charge in [-0.05, 0) is 42.1 Å². The molecule has 1 saturated heterocycles. The molecule has 2 aromatic rings. The van der Waals surface area contributed by atoms with Crippen LogP contribution in [0.4, 0.5) is 0 Å². The zero-order valence-electron chi connectivity index (χ0n) is 12.7. The van der Waals surface area contributed by atoms with E-state index in [1.54, 1.807) is 23.0 Å². The van der Waals surface area contributed by atoms with Crippen LogP contribution in [0.15, 0.2) is 61.0 Å². The third kappa shape index (κ3) is 3.02. The molecule has 0 bridgehead atoms. The number of carbonyl (C=O) groups excluding carboxylic acids is 2. The average Bonchev–Trinajstić information content (AvgIpc) is 3.10. The van der Waals surface area contributed by atoms with Gasteiger partial charge in [-0.1, -0.05) is 18.2 Å². The number of benzene rings is 1. The normalized spacial score (nSPS) is 16.4. The van der Waals surface area contributed by atoms with Gasteiger partial charge in [0.1, 0.15) is 5.57 Å². The summed E-state index contributed by atoms with van der Waals surface area (Å²) in [7, 11) is 0. The Morgan fingerprint density at radius 3 is 2.62 bits per heavy atom. The summed E-state index contributed by atoms with van der Waals surface area (Å²) in [5.41, 5.74) is 1.66. The number of rotatable bonds is 4. The van der Waals surface area contributed by atoms with Gasteiger partial charge in [0.15, 0.2) is 5.11 Å². The Hall–Kier alpha value is -3.06. The van der Waals surface area contributed by atoms with Crippen LogP contribution in [-0.2, 0) is 9.59 Å². The van der Waals surface area contributed by atoms with Crippen molar-refractivity contribution in [1.82, 2.24) is 20.0 Å². The van der Waals surface area contributed by atoms with Crippen LogP contribution in [0.1, 0.15) is 5.56 Å². The predicted molar refractivity (Wildman–Crippen MR) is 94.2 cm³/mol. The van der Waals surface area contributed by atoms with Gasteiger partial charge in [0.2, 0.25) is 0 Å². The van der Waals surface area contributed by atoms with Gasteiger partial charge in [0, 0.05) is 18.9 Å². The summed E-state index contributed by atoms with van der Waals surface area (Å²) in [4.78, 5) is 25.8. The van der Waals surface area contributed by atoms with E-state index in [-0.39, 0.29) is 17.2 Å². The molecule has 1 aromatic heterocycles. The molecule has 0 atom stereocenters. The predicted octanol–water partition coefficient (Wildman–Crippen LogP) is 1.68. The molecule has 24 heavy (non-hydrogen) atoms. The van der Waals surface area contributed by atoms with Crippen LogP contribution in [0.25, 0.3) is 11.8 Å². The van der Waals surface area contributed by atoms with Crippen molar-refractivity contribution in [2.75, 3.05) is 6.54 Å². The molecule has 0 aliphatic carbocycles. The van der Waals surface area contributed by atoms with E-state index in [2.05, 4.69) is 17.0 Å². The van der Waals surface area contributed by atoms with Crippen molar-refractivity contribution in [2.45, 2.75) is 0 Å². The summed E-state index contributed by atoms with van der Waals surface area (Å²) in [5, 5.41) is 6.76. The van der Waals surface area contributed by atoms with E-state index in [1.807, 2.05) is 36.5 Å². The minimum atomic E-state index is -0.499. The molecular weight excluding hydrogens is 324 g/mol. The minimum Gasteiger partial charge on any atom is -0.298 e. The summed E-state index contributed by atoms with van der Waals surface area (Å²) in [5.74, 6) is -0.929. The van der Waals surface area contributed by atoms with Gasteiger partial charge in [0.25, 0.3) is 11.8 Å². The van der Waals surface area contributed by atoms with Gasteiger partial charge >= 0.3 is 0 Å². The number of aromatic nitrogens is 2. The van der Waals surface area contributed by atoms with Crippen LogP contribution in [0.5, 0.6) is 0 Å². The van der Waals surface area contributed by atoms with Gasteiger partial charge < -0.3 is 0 Å². The third-order valence-corrected chi connectivity index (χ3v) is 3.79. The zero-order chi connectivity index (χ0) is 17.1. The Bertz CT molecular complexity index is 838. The molecule has 1 aromatic carbocycles. The molecule has 1 N–H and O–H groups in total. The molecular formula is C17H14N4O2S. The van der Waals surface area contributed by atoms with Crippen LogP contribution >= 0.6 is 12.2 Å². The lowest BCUT2D eigenvalue weighted by Gasteiger charge is -2.27. The molecule has 3 rings (SSSR count). The van der Waals surface area contributed by atoms with Crippen molar-refractivity contribution in [2.24, 2.45) is 0 Å². The van der Waals surface area contributed by atoms with Crippen LogP contribution < -0.4 is 5.32 Å². The third-order valence-electron chi connectivity index (χ3n) is 3.47. The lowest BCUT2D eigenvalue weighted by molar-refractivity contribution is -0.128. The molecule has 0 radical (unpaired) electrons. The first-order chi connectivity index (χ1) is 11.6. The van der Waals surface area contributed by atoms with Crippen LogP contribution in [0, 0.1) is 0 Å². The maximum absolute atomic E-state index is 12.4. The largest absolute Gasteiger partial charge is 0.298 e. The number of nitrogens with zero attached hydrogens (tertiary/aromatic N) is 3. The summed E-state index contributed by atoms with van der Waals surface area (Å²) >= 11 is 5.02. The number of hydrogen-bond acceptors (Lipinski definition) is 4. The molecule has 1 aliphatic rings. The van der Waals surface area contributed by atoms with Crippen molar-refractivity contribution in [3.63, 3.8) is 0 Å². The highest BCUT2D eigenvalue weighted by atomic mass is 32.1. The van der Waals surface area contributed by atoms with Crippen molar-refractivity contribution < 1.29 is 9.59 Å². The summed E-state index contributed by atoms with van der Waals surface area (Å²) in [6.07, 6.45) is 6.62. The number of hydrogen-bond donors (Lipinski definition) is 1. The second kappa shape index (κ2) is 6.59. The number of amides is 2. The molecule has 6 nitrogen and oxygen atoms in total. The Morgan fingerprint density at radius 2 is 2.00 bits per heavy atom. The van der Waals surface area contributed by atoms with E-state index >= 15 is 0 Å². The average molecular weight is 338 g/mol. The van der Waals surface area contributed by atoms with E-state index in [9.17, 15) is 9.59 Å². The van der Waals surface area contributed by atoms with E-state index in [0.29, 0.717) is 0 Å². The number of thiocarbonyl (C=S) groups is 1. The summed E-state index contributed by atoms with van der Waals surface area (Å²) in [6.45, 7) is 3.84. The molecule has 0 saturated carbocycles. The van der Waals surface area contributed by atoms with Gasteiger partial charge in [-0.3, -0.25) is 19.8 Å². The van der Waals surface area contributed by atoms with E-state index in [0.717, 1.165) is 11.3 Å². The second-order valence-corrected chi connectivity index (χ2v) is 5.45. The first-order valence-corrected chi connectivity index (χ1v) is 7.61. The molecule has 7 heteroatoms. The standard InChI is InChI=1S/C17H14N4O2S/c1-2-9-20-16(23)14(15(22)19-17(20)24)11-12-4-6-13(7-5-12)21-10-3-8-18-21/h2-8,10-11H,1,9H2,(H,19,22,24)/b14-11-. The van der Waals surface area contributed by atoms with Gasteiger partial charge in [-0.2, -0.15) is 5.10 Å². The van der Waals surface area contributed by atoms with Gasteiger partial charge in [0.05, 0.1) is 5.69 Å². The van der Waals surface area contributed by atoms with Crippen molar-refractivity contribution in [1.29, 1.82) is 0 Å². The highest BCUT2D eigenvalue weighted by molar-refractivity contribution is 7.80. The zero-order valence-corrected chi connectivity index (χ0v) is 13.5. The molecule has 0 spiro atoms. The monoisotopic (exact) mass is 338 g/mol. The SMILES string of the molecule is C=CCN1C(=O)/C(=C\c2ccc(-n3cccn3)cc2)C(=O)NC1=S. The second-order valence-electron chi connectivity index (χ2n) is 5.06. The molecule has 120 valence electrons. The van der Waals surface area contributed by atoms with Gasteiger partial charge in [-0.15, -0.1) is 6.58 Å². The fourth-order valence-corrected chi connectivity index (χ4v) is 2.55. The lowest BCUT2D eigenvalue weighted by Crippen LogP contribution is -2.53. The summed E-state index contributed by atoms with van der Waals surface area (Å²) < 4.78 is 1.72.